The van der Waals surface area contributed by atoms with Crippen LogP contribution in [0.15, 0.2) is 24.3 Å². The van der Waals surface area contributed by atoms with Crippen LogP contribution in [0.3, 0.4) is 0 Å². The van der Waals surface area contributed by atoms with Crippen LogP contribution in [0.25, 0.3) is 10.9 Å². The van der Waals surface area contributed by atoms with Crippen LogP contribution in [-0.2, 0) is 23.1 Å². The predicted molar refractivity (Wildman–Crippen MR) is 90.6 cm³/mol. The van der Waals surface area contributed by atoms with Crippen molar-refractivity contribution in [3.63, 3.8) is 0 Å². The Balaban J connectivity index is 1.79. The number of carboxylic acids is 1. The van der Waals surface area contributed by atoms with Gasteiger partial charge >= 0.3 is 5.97 Å². The summed E-state index contributed by atoms with van der Waals surface area (Å²) in [5.74, 6) is -1.20. The number of nitrogens with zero attached hydrogens (tertiary/aromatic N) is 2. The maximum absolute atomic E-state index is 12.5. The van der Waals surface area contributed by atoms with Gasteiger partial charge in [-0.1, -0.05) is 43.9 Å². The Labute approximate surface area is 140 Å². The van der Waals surface area contributed by atoms with Gasteiger partial charge in [0.25, 0.3) is 0 Å². The number of aromatic nitrogens is 2. The number of hydrogen-bond donors (Lipinski definition) is 2. The lowest BCUT2D eigenvalue weighted by Crippen LogP contribution is -2.54. The van der Waals surface area contributed by atoms with E-state index in [1.54, 1.807) is 4.68 Å². The van der Waals surface area contributed by atoms with Crippen LogP contribution >= 0.6 is 0 Å². The molecule has 0 radical (unpaired) electrons. The quantitative estimate of drug-likeness (QED) is 0.844. The van der Waals surface area contributed by atoms with Gasteiger partial charge < -0.3 is 10.4 Å². The van der Waals surface area contributed by atoms with Crippen molar-refractivity contribution in [1.82, 2.24) is 15.1 Å². The number of nitrogens with one attached hydrogen (secondary N) is 1. The van der Waals surface area contributed by atoms with E-state index >= 15 is 0 Å². The summed E-state index contributed by atoms with van der Waals surface area (Å²) in [5.41, 5.74) is 0.514. The maximum atomic E-state index is 12.5. The molecular weight excluding hydrogens is 306 g/mol. The summed E-state index contributed by atoms with van der Waals surface area (Å²) in [4.78, 5) is 24.3. The Hall–Kier alpha value is -2.37. The van der Waals surface area contributed by atoms with Crippen LogP contribution in [0.4, 0.5) is 0 Å². The first kappa shape index (κ1) is 16.5. The molecule has 0 atom stereocenters. The van der Waals surface area contributed by atoms with Crippen LogP contribution in [0, 0.1) is 0 Å². The van der Waals surface area contributed by atoms with Crippen molar-refractivity contribution in [2.24, 2.45) is 7.05 Å². The first-order chi connectivity index (χ1) is 11.5. The number of aliphatic carboxylic acids is 1. The van der Waals surface area contributed by atoms with E-state index in [1.807, 2.05) is 31.3 Å². The molecule has 24 heavy (non-hydrogen) atoms. The van der Waals surface area contributed by atoms with Gasteiger partial charge in [0.15, 0.2) is 0 Å². The molecule has 1 amide bonds. The van der Waals surface area contributed by atoms with Gasteiger partial charge in [-0.15, -0.1) is 0 Å². The maximum Gasteiger partial charge on any atom is 0.329 e. The molecule has 2 aromatic rings. The highest BCUT2D eigenvalue weighted by atomic mass is 16.4. The number of para-hydroxylation sites is 1. The molecule has 0 aliphatic heterocycles. The number of fused-ring (bicyclic) bond motifs is 1. The molecule has 0 saturated heterocycles. The summed E-state index contributed by atoms with van der Waals surface area (Å²) in [6, 6.07) is 7.73. The van der Waals surface area contributed by atoms with E-state index in [0.29, 0.717) is 18.5 Å². The van der Waals surface area contributed by atoms with Gasteiger partial charge in [0, 0.05) is 12.4 Å². The third-order valence-electron chi connectivity index (χ3n) is 4.91. The minimum Gasteiger partial charge on any atom is -0.480 e. The second kappa shape index (κ2) is 6.63. The number of hydrogen-bond acceptors (Lipinski definition) is 3. The Morgan fingerprint density at radius 2 is 1.88 bits per heavy atom. The van der Waals surface area contributed by atoms with Gasteiger partial charge in [0.1, 0.15) is 5.54 Å². The largest absolute Gasteiger partial charge is 0.480 e. The molecule has 0 bridgehead atoms. The number of rotatable bonds is 4. The normalized spacial score (nSPS) is 17.4. The van der Waals surface area contributed by atoms with E-state index in [2.05, 4.69) is 10.4 Å². The molecule has 6 nitrogen and oxygen atoms in total. The lowest BCUT2D eigenvalue weighted by atomic mass is 9.90. The second-order valence-corrected chi connectivity index (χ2v) is 6.61. The fourth-order valence-electron chi connectivity index (χ4n) is 3.61. The zero-order valence-corrected chi connectivity index (χ0v) is 13.9. The molecule has 0 spiro atoms. The number of benzene rings is 1. The molecule has 1 saturated carbocycles. The molecule has 1 aromatic carbocycles. The van der Waals surface area contributed by atoms with Crippen molar-refractivity contribution in [3.8, 4) is 0 Å². The third-order valence-corrected chi connectivity index (χ3v) is 4.91. The topological polar surface area (TPSA) is 84.2 Å². The zero-order chi connectivity index (χ0) is 17.2. The standard InChI is InChI=1S/C18H23N3O3/c1-21-15-9-5-4-8-13(15)14(20-21)12-16(22)19-18(17(23)24)10-6-2-3-7-11-18/h4-5,8-9H,2-3,6-7,10-12H2,1H3,(H,19,22)(H,23,24). The molecule has 128 valence electrons. The zero-order valence-electron chi connectivity index (χ0n) is 13.9. The molecule has 3 rings (SSSR count). The van der Waals surface area contributed by atoms with Gasteiger partial charge in [0.05, 0.1) is 17.6 Å². The molecule has 1 heterocycles. The van der Waals surface area contributed by atoms with Crippen LogP contribution in [0.5, 0.6) is 0 Å². The first-order valence-electron chi connectivity index (χ1n) is 8.47. The second-order valence-electron chi connectivity index (χ2n) is 6.61. The van der Waals surface area contributed by atoms with Crippen molar-refractivity contribution in [1.29, 1.82) is 0 Å². The minimum absolute atomic E-state index is 0.0936. The van der Waals surface area contributed by atoms with Crippen LogP contribution in [0.1, 0.15) is 44.2 Å². The molecule has 2 N–H and O–H groups in total. The molecule has 1 fully saturated rings. The van der Waals surface area contributed by atoms with Crippen LogP contribution < -0.4 is 5.32 Å². The van der Waals surface area contributed by atoms with Crippen molar-refractivity contribution in [3.05, 3.63) is 30.0 Å². The van der Waals surface area contributed by atoms with Crippen molar-refractivity contribution >= 4 is 22.8 Å². The SMILES string of the molecule is Cn1nc(CC(=O)NC2(C(=O)O)CCCCCC2)c2ccccc21. The van der Waals surface area contributed by atoms with Crippen LogP contribution in [0.2, 0.25) is 0 Å². The highest BCUT2D eigenvalue weighted by Gasteiger charge is 2.40. The van der Waals surface area contributed by atoms with Gasteiger partial charge in [0.2, 0.25) is 5.91 Å². The molecule has 1 aliphatic carbocycles. The summed E-state index contributed by atoms with van der Waals surface area (Å²) in [6.45, 7) is 0. The van der Waals surface area contributed by atoms with Gasteiger partial charge in [-0.3, -0.25) is 9.48 Å². The molecule has 0 unspecified atom stereocenters. The Kier molecular flexibility index (Phi) is 4.55. The number of carbonyl (C=O) groups excluding carboxylic acids is 1. The van der Waals surface area contributed by atoms with E-state index in [-0.39, 0.29) is 12.3 Å². The number of aryl methyl sites for hydroxylation is 1. The third kappa shape index (κ3) is 3.13. The van der Waals surface area contributed by atoms with E-state index < -0.39 is 11.5 Å². The summed E-state index contributed by atoms with van der Waals surface area (Å²) in [6.07, 6.45) is 4.80. The Morgan fingerprint density at radius 1 is 1.21 bits per heavy atom. The summed E-state index contributed by atoms with van der Waals surface area (Å²) in [5, 5.41) is 17.8. The smallest absolute Gasteiger partial charge is 0.329 e. The van der Waals surface area contributed by atoms with Gasteiger partial charge in [-0.2, -0.15) is 5.10 Å². The van der Waals surface area contributed by atoms with Gasteiger partial charge in [-0.05, 0) is 18.9 Å². The van der Waals surface area contributed by atoms with Crippen molar-refractivity contribution in [2.75, 3.05) is 0 Å². The average molecular weight is 329 g/mol. The highest BCUT2D eigenvalue weighted by molar-refractivity contribution is 5.91. The van der Waals surface area contributed by atoms with Crippen molar-refractivity contribution < 1.29 is 14.7 Å². The Bertz CT molecular complexity index is 758. The minimum atomic E-state index is -1.13. The molecule has 1 aliphatic rings. The molecule has 6 heteroatoms. The predicted octanol–water partition coefficient (Wildman–Crippen LogP) is 2.41. The van der Waals surface area contributed by atoms with E-state index in [4.69, 9.17) is 0 Å². The summed E-state index contributed by atoms with van der Waals surface area (Å²) < 4.78 is 1.75. The average Bonchev–Trinajstić information content (AvgIpc) is 2.74. The Morgan fingerprint density at radius 3 is 2.54 bits per heavy atom. The van der Waals surface area contributed by atoms with E-state index in [0.717, 1.165) is 36.6 Å². The summed E-state index contributed by atoms with van der Waals surface area (Å²) in [7, 11) is 1.84. The van der Waals surface area contributed by atoms with Crippen molar-refractivity contribution in [2.45, 2.75) is 50.5 Å². The lowest BCUT2D eigenvalue weighted by Gasteiger charge is -2.29. The highest BCUT2D eigenvalue weighted by Crippen LogP contribution is 2.28. The number of carbonyl (C=O) groups is 2. The van der Waals surface area contributed by atoms with Crippen LogP contribution in [-0.4, -0.2) is 32.3 Å². The van der Waals surface area contributed by atoms with Gasteiger partial charge in [-0.25, -0.2) is 4.79 Å². The fourth-order valence-corrected chi connectivity index (χ4v) is 3.61. The number of carboxylic acid groups (broad SMARTS) is 1. The van der Waals surface area contributed by atoms with E-state index in [1.165, 1.54) is 0 Å². The fraction of sp³-hybridized carbons (Fsp3) is 0.500. The van der Waals surface area contributed by atoms with E-state index in [9.17, 15) is 14.7 Å². The number of amides is 1. The lowest BCUT2D eigenvalue weighted by molar-refractivity contribution is -0.148. The first-order valence-corrected chi connectivity index (χ1v) is 8.47. The summed E-state index contributed by atoms with van der Waals surface area (Å²) >= 11 is 0. The monoisotopic (exact) mass is 329 g/mol. The molecular formula is C18H23N3O3. The molecule has 1 aromatic heterocycles.